The van der Waals surface area contributed by atoms with E-state index in [1.165, 1.54) is 5.69 Å². The van der Waals surface area contributed by atoms with Gasteiger partial charge in [-0.25, -0.2) is 4.99 Å². The van der Waals surface area contributed by atoms with Crippen LogP contribution in [0.4, 0.5) is 5.69 Å². The molecule has 4 N–H and O–H groups in total. The number of amides is 1. The van der Waals surface area contributed by atoms with Crippen molar-refractivity contribution in [1.82, 2.24) is 10.6 Å². The molecule has 0 saturated heterocycles. The van der Waals surface area contributed by atoms with Crippen molar-refractivity contribution in [3.8, 4) is 5.75 Å². The lowest BCUT2D eigenvalue weighted by Gasteiger charge is -2.23. The second kappa shape index (κ2) is 13.1. The summed E-state index contributed by atoms with van der Waals surface area (Å²) in [5.41, 5.74) is 7.37. The van der Waals surface area contributed by atoms with Crippen LogP contribution in [0.25, 0.3) is 0 Å². The van der Waals surface area contributed by atoms with Crippen LogP contribution in [0, 0.1) is 0 Å². The minimum atomic E-state index is -0.494. The van der Waals surface area contributed by atoms with Crippen molar-refractivity contribution in [2.24, 2.45) is 10.7 Å². The average molecular weight is 412 g/mol. The molecule has 0 aliphatic carbocycles. The van der Waals surface area contributed by atoms with E-state index in [0.29, 0.717) is 12.3 Å². The molecule has 0 spiro atoms. The Labute approximate surface area is 179 Å². The van der Waals surface area contributed by atoms with Gasteiger partial charge in [0.05, 0.1) is 6.54 Å². The molecule has 7 nitrogen and oxygen atoms in total. The summed E-state index contributed by atoms with van der Waals surface area (Å²) in [6.07, 6.45) is 1.00. The molecule has 0 aromatic heterocycles. The zero-order valence-electron chi connectivity index (χ0n) is 17.9. The molecule has 2 aromatic carbocycles. The number of aliphatic imine (C=N–C) groups is 1. The third-order valence-electron chi connectivity index (χ3n) is 4.44. The molecule has 30 heavy (non-hydrogen) atoms. The Bertz CT molecular complexity index is 795. The van der Waals surface area contributed by atoms with E-state index in [-0.39, 0.29) is 6.61 Å². The third-order valence-corrected chi connectivity index (χ3v) is 4.44. The number of nitrogens with two attached hydrogens (primary N) is 1. The van der Waals surface area contributed by atoms with Gasteiger partial charge in [0.25, 0.3) is 5.91 Å². The topological polar surface area (TPSA) is 92.0 Å². The summed E-state index contributed by atoms with van der Waals surface area (Å²) in [5, 5.41) is 6.67. The predicted octanol–water partition coefficient (Wildman–Crippen LogP) is 2.52. The maximum Gasteiger partial charge on any atom is 0.255 e. The zero-order valence-corrected chi connectivity index (χ0v) is 17.9. The molecule has 0 atom stereocenters. The highest BCUT2D eigenvalue weighted by Gasteiger charge is 2.04. The van der Waals surface area contributed by atoms with Crippen LogP contribution in [0.15, 0.2) is 59.6 Å². The van der Waals surface area contributed by atoms with Crippen LogP contribution in [0.2, 0.25) is 0 Å². The molecule has 2 aromatic rings. The smallest absolute Gasteiger partial charge is 0.255 e. The van der Waals surface area contributed by atoms with Gasteiger partial charge in [0.2, 0.25) is 0 Å². The quantitative estimate of drug-likeness (QED) is 0.284. The molecule has 162 valence electrons. The SMILES string of the molecule is CCNC(=NCc1cccc(OCC(N)=O)c1)NCCCN(CC)c1ccccc1. The van der Waals surface area contributed by atoms with Gasteiger partial charge in [-0.05, 0) is 50.1 Å². The second-order valence-electron chi connectivity index (χ2n) is 6.79. The summed E-state index contributed by atoms with van der Waals surface area (Å²) in [6.45, 7) is 8.17. The first-order chi connectivity index (χ1) is 14.6. The zero-order chi connectivity index (χ0) is 21.6. The van der Waals surface area contributed by atoms with Crippen molar-refractivity contribution < 1.29 is 9.53 Å². The summed E-state index contributed by atoms with van der Waals surface area (Å²) in [7, 11) is 0. The Morgan fingerprint density at radius 1 is 1.10 bits per heavy atom. The molecule has 2 rings (SSSR count). The van der Waals surface area contributed by atoms with Crippen LogP contribution >= 0.6 is 0 Å². The van der Waals surface area contributed by atoms with Gasteiger partial charge in [0.15, 0.2) is 12.6 Å². The molecule has 0 radical (unpaired) electrons. The number of anilines is 1. The molecule has 1 amide bonds. The van der Waals surface area contributed by atoms with Crippen LogP contribution < -0.4 is 26.0 Å². The van der Waals surface area contributed by atoms with Gasteiger partial charge >= 0.3 is 0 Å². The number of nitrogens with zero attached hydrogens (tertiary/aromatic N) is 2. The number of guanidine groups is 1. The normalized spacial score (nSPS) is 11.1. The fourth-order valence-electron chi connectivity index (χ4n) is 2.99. The Morgan fingerprint density at radius 3 is 2.60 bits per heavy atom. The number of carbonyl (C=O) groups is 1. The number of ether oxygens (including phenoxy) is 1. The van der Waals surface area contributed by atoms with Gasteiger partial charge in [-0.3, -0.25) is 4.79 Å². The predicted molar refractivity (Wildman–Crippen MR) is 123 cm³/mol. The van der Waals surface area contributed by atoms with E-state index in [1.807, 2.05) is 31.2 Å². The van der Waals surface area contributed by atoms with Crippen molar-refractivity contribution in [3.05, 3.63) is 60.2 Å². The van der Waals surface area contributed by atoms with Crippen LogP contribution in [0.3, 0.4) is 0 Å². The molecule has 0 fully saturated rings. The second-order valence-corrected chi connectivity index (χ2v) is 6.79. The number of hydrogen-bond acceptors (Lipinski definition) is 4. The van der Waals surface area contributed by atoms with Crippen molar-refractivity contribution in [2.75, 3.05) is 37.7 Å². The Kier molecular flexibility index (Phi) is 10.1. The number of carbonyl (C=O) groups excluding carboxylic acids is 1. The molecular weight excluding hydrogens is 378 g/mol. The van der Waals surface area contributed by atoms with E-state index in [1.54, 1.807) is 6.07 Å². The van der Waals surface area contributed by atoms with E-state index >= 15 is 0 Å². The molecule has 0 aliphatic heterocycles. The van der Waals surface area contributed by atoms with Gasteiger partial charge in [-0.1, -0.05) is 30.3 Å². The molecule has 0 saturated carbocycles. The number of rotatable bonds is 12. The number of hydrogen-bond donors (Lipinski definition) is 3. The van der Waals surface area contributed by atoms with E-state index in [0.717, 1.165) is 44.1 Å². The molecule has 7 heteroatoms. The summed E-state index contributed by atoms with van der Waals surface area (Å²) in [5.74, 6) is 0.898. The van der Waals surface area contributed by atoms with E-state index in [9.17, 15) is 4.79 Å². The maximum absolute atomic E-state index is 10.9. The van der Waals surface area contributed by atoms with Crippen molar-refractivity contribution >= 4 is 17.6 Å². The summed E-state index contributed by atoms with van der Waals surface area (Å²) in [4.78, 5) is 17.9. The number of benzene rings is 2. The van der Waals surface area contributed by atoms with Crippen molar-refractivity contribution in [1.29, 1.82) is 0 Å². The van der Waals surface area contributed by atoms with Crippen molar-refractivity contribution in [3.63, 3.8) is 0 Å². The lowest BCUT2D eigenvalue weighted by atomic mass is 10.2. The van der Waals surface area contributed by atoms with Crippen LogP contribution in [0.1, 0.15) is 25.8 Å². The summed E-state index contributed by atoms with van der Waals surface area (Å²) in [6, 6.07) is 18.0. The highest BCUT2D eigenvalue weighted by molar-refractivity contribution is 5.79. The van der Waals surface area contributed by atoms with E-state index < -0.39 is 5.91 Å². The van der Waals surface area contributed by atoms with Crippen LogP contribution in [0.5, 0.6) is 5.75 Å². The van der Waals surface area contributed by atoms with E-state index in [4.69, 9.17) is 10.5 Å². The molecule has 0 heterocycles. The first kappa shape index (κ1) is 23.1. The summed E-state index contributed by atoms with van der Waals surface area (Å²) < 4.78 is 5.35. The lowest BCUT2D eigenvalue weighted by Crippen LogP contribution is -2.38. The van der Waals surface area contributed by atoms with Crippen LogP contribution in [-0.4, -0.2) is 44.7 Å². The fraction of sp³-hybridized carbons (Fsp3) is 0.391. The average Bonchev–Trinajstić information content (AvgIpc) is 2.77. The van der Waals surface area contributed by atoms with Crippen molar-refractivity contribution in [2.45, 2.75) is 26.8 Å². The lowest BCUT2D eigenvalue weighted by molar-refractivity contribution is -0.119. The largest absolute Gasteiger partial charge is 0.484 e. The van der Waals surface area contributed by atoms with Gasteiger partial charge in [-0.15, -0.1) is 0 Å². The first-order valence-corrected chi connectivity index (χ1v) is 10.4. The summed E-state index contributed by atoms with van der Waals surface area (Å²) >= 11 is 0. The van der Waals surface area contributed by atoms with E-state index in [2.05, 4.69) is 51.7 Å². The van der Waals surface area contributed by atoms with Gasteiger partial charge in [0.1, 0.15) is 5.75 Å². The number of nitrogens with one attached hydrogen (secondary N) is 2. The minimum Gasteiger partial charge on any atom is -0.484 e. The number of primary amides is 1. The molecule has 0 unspecified atom stereocenters. The maximum atomic E-state index is 10.9. The first-order valence-electron chi connectivity index (χ1n) is 10.4. The Balaban J connectivity index is 1.84. The molecular formula is C23H33N5O2. The van der Waals surface area contributed by atoms with Gasteiger partial charge in [-0.2, -0.15) is 0 Å². The third kappa shape index (κ3) is 8.43. The van der Waals surface area contributed by atoms with Gasteiger partial charge < -0.3 is 26.0 Å². The van der Waals surface area contributed by atoms with Crippen LogP contribution in [-0.2, 0) is 11.3 Å². The molecule has 0 aliphatic rings. The highest BCUT2D eigenvalue weighted by atomic mass is 16.5. The number of para-hydroxylation sites is 1. The van der Waals surface area contributed by atoms with Gasteiger partial charge in [0, 0.05) is 31.9 Å². The standard InChI is InChI=1S/C23H33N5O2/c1-3-25-23(26-14-9-15-28(4-2)20-11-6-5-7-12-20)27-17-19-10-8-13-21(16-19)30-18-22(24)29/h5-8,10-13,16H,3-4,9,14-15,17-18H2,1-2H3,(H2,24,29)(H2,25,26,27). The monoisotopic (exact) mass is 411 g/mol. The highest BCUT2D eigenvalue weighted by Crippen LogP contribution is 2.14. The molecule has 0 bridgehead atoms. The Hall–Kier alpha value is -3.22. The minimum absolute atomic E-state index is 0.130. The Morgan fingerprint density at radius 2 is 1.90 bits per heavy atom. The fourth-order valence-corrected chi connectivity index (χ4v) is 2.99.